The maximum Gasteiger partial charge on any atom is 0.277 e. The molecule has 6 nitrogen and oxygen atoms in total. The van der Waals surface area contributed by atoms with E-state index in [4.69, 9.17) is 4.74 Å². The second-order valence-electron chi connectivity index (χ2n) is 6.10. The minimum absolute atomic E-state index is 0.163. The fourth-order valence-electron chi connectivity index (χ4n) is 3.10. The predicted octanol–water partition coefficient (Wildman–Crippen LogP) is 1.11. The van der Waals surface area contributed by atoms with Crippen LogP contribution in [0.15, 0.2) is 23.2 Å². The van der Waals surface area contributed by atoms with E-state index in [1.54, 1.807) is 7.11 Å². The molecule has 24 heavy (non-hydrogen) atoms. The van der Waals surface area contributed by atoms with E-state index in [2.05, 4.69) is 16.8 Å². The molecule has 130 valence electrons. The van der Waals surface area contributed by atoms with Gasteiger partial charge in [-0.25, -0.2) is 0 Å². The molecule has 0 bridgehead atoms. The van der Waals surface area contributed by atoms with Crippen LogP contribution in [-0.4, -0.2) is 80.0 Å². The number of thiophene rings is 1. The van der Waals surface area contributed by atoms with Gasteiger partial charge in [0.15, 0.2) is 0 Å². The van der Waals surface area contributed by atoms with E-state index >= 15 is 0 Å². The maximum atomic E-state index is 13.0. The van der Waals surface area contributed by atoms with Crippen LogP contribution in [0.1, 0.15) is 11.3 Å². The highest BCUT2D eigenvalue weighted by Crippen LogP contribution is 2.34. The van der Waals surface area contributed by atoms with Crippen LogP contribution in [0, 0.1) is 0 Å². The summed E-state index contributed by atoms with van der Waals surface area (Å²) in [7, 11) is 3.70. The molecule has 1 fully saturated rings. The van der Waals surface area contributed by atoms with Crippen molar-refractivity contribution in [2.24, 2.45) is 0 Å². The first-order valence-electron chi connectivity index (χ1n) is 8.20. The average Bonchev–Trinajstić information content (AvgIpc) is 3.17. The van der Waals surface area contributed by atoms with Crippen LogP contribution >= 0.6 is 11.3 Å². The number of imide groups is 1. The standard InChI is InChI=1S/C17H23N3O3S/c1-18-7-9-19(10-8-18)15-14(13-5-3-12-24-13)16(21)20(17(15)22)6-4-11-23-2/h3,5,12H,4,6-11H2,1-2H3. The Kier molecular flexibility index (Phi) is 5.33. The SMILES string of the molecule is COCCCN1C(=O)C(c2cccs2)=C(N2CCN(C)CC2)C1=O. The van der Waals surface area contributed by atoms with E-state index in [-0.39, 0.29) is 11.8 Å². The third-order valence-corrected chi connectivity index (χ3v) is 5.35. The van der Waals surface area contributed by atoms with Crippen molar-refractivity contribution in [3.05, 3.63) is 28.1 Å². The van der Waals surface area contributed by atoms with Crippen molar-refractivity contribution in [3.63, 3.8) is 0 Å². The zero-order chi connectivity index (χ0) is 17.1. The summed E-state index contributed by atoms with van der Waals surface area (Å²) < 4.78 is 5.05. The first-order chi connectivity index (χ1) is 11.6. The second-order valence-corrected chi connectivity index (χ2v) is 7.05. The number of carbonyl (C=O) groups is 2. The van der Waals surface area contributed by atoms with Crippen molar-refractivity contribution in [3.8, 4) is 0 Å². The summed E-state index contributed by atoms with van der Waals surface area (Å²) in [6, 6.07) is 3.83. The molecule has 0 atom stereocenters. The van der Waals surface area contributed by atoms with Crippen LogP contribution in [0.5, 0.6) is 0 Å². The van der Waals surface area contributed by atoms with Gasteiger partial charge in [-0.15, -0.1) is 11.3 Å². The van der Waals surface area contributed by atoms with Gasteiger partial charge in [0.2, 0.25) is 0 Å². The number of rotatable bonds is 6. The van der Waals surface area contributed by atoms with Crippen LogP contribution in [-0.2, 0) is 14.3 Å². The van der Waals surface area contributed by atoms with Gasteiger partial charge in [-0.05, 0) is 24.9 Å². The summed E-state index contributed by atoms with van der Waals surface area (Å²) in [4.78, 5) is 32.4. The number of ether oxygens (including phenoxy) is 1. The number of hydrogen-bond donors (Lipinski definition) is 0. The number of piperazine rings is 1. The Hall–Kier alpha value is -1.70. The zero-order valence-electron chi connectivity index (χ0n) is 14.2. The molecule has 2 aliphatic heterocycles. The lowest BCUT2D eigenvalue weighted by molar-refractivity contribution is -0.137. The molecule has 3 rings (SSSR count). The van der Waals surface area contributed by atoms with Gasteiger partial charge in [0.1, 0.15) is 5.70 Å². The van der Waals surface area contributed by atoms with E-state index in [9.17, 15) is 9.59 Å². The molecule has 0 radical (unpaired) electrons. The largest absolute Gasteiger partial charge is 0.385 e. The van der Waals surface area contributed by atoms with Crippen molar-refractivity contribution in [1.82, 2.24) is 14.7 Å². The first kappa shape index (κ1) is 17.1. The molecular formula is C17H23N3O3S. The molecule has 2 amide bonds. The van der Waals surface area contributed by atoms with E-state index in [1.165, 1.54) is 16.2 Å². The summed E-state index contributed by atoms with van der Waals surface area (Å²) in [6.45, 7) is 4.27. The molecular weight excluding hydrogens is 326 g/mol. The molecule has 0 N–H and O–H groups in total. The Balaban J connectivity index is 1.90. The van der Waals surface area contributed by atoms with E-state index in [0.29, 0.717) is 30.8 Å². The fraction of sp³-hybridized carbons (Fsp3) is 0.529. The summed E-state index contributed by atoms with van der Waals surface area (Å²) in [5.74, 6) is -0.337. The van der Waals surface area contributed by atoms with Crippen molar-refractivity contribution in [1.29, 1.82) is 0 Å². The summed E-state index contributed by atoms with van der Waals surface area (Å²) in [6.07, 6.45) is 0.654. The van der Waals surface area contributed by atoms with Crippen molar-refractivity contribution < 1.29 is 14.3 Å². The lowest BCUT2D eigenvalue weighted by Gasteiger charge is -2.34. The molecule has 0 spiro atoms. The van der Waals surface area contributed by atoms with Gasteiger partial charge in [0.05, 0.1) is 5.57 Å². The minimum atomic E-state index is -0.174. The van der Waals surface area contributed by atoms with Gasteiger partial charge in [-0.3, -0.25) is 14.5 Å². The molecule has 1 aromatic rings. The van der Waals surface area contributed by atoms with Crippen molar-refractivity contribution >= 4 is 28.7 Å². The van der Waals surface area contributed by atoms with Gasteiger partial charge in [-0.2, -0.15) is 0 Å². The topological polar surface area (TPSA) is 53.1 Å². The number of amides is 2. The van der Waals surface area contributed by atoms with Gasteiger partial charge in [-0.1, -0.05) is 6.07 Å². The Morgan fingerprint density at radius 3 is 2.54 bits per heavy atom. The Morgan fingerprint density at radius 2 is 1.92 bits per heavy atom. The van der Waals surface area contributed by atoms with E-state index in [1.807, 2.05) is 17.5 Å². The minimum Gasteiger partial charge on any atom is -0.385 e. The second kappa shape index (κ2) is 7.46. The molecule has 0 saturated carbocycles. The molecule has 0 unspecified atom stereocenters. The van der Waals surface area contributed by atoms with Crippen LogP contribution in [0.2, 0.25) is 0 Å². The summed E-state index contributed by atoms with van der Waals surface area (Å²) in [5, 5.41) is 1.94. The molecule has 0 aliphatic carbocycles. The molecule has 1 saturated heterocycles. The summed E-state index contributed by atoms with van der Waals surface area (Å²) >= 11 is 1.51. The van der Waals surface area contributed by atoms with Crippen LogP contribution in [0.4, 0.5) is 0 Å². The monoisotopic (exact) mass is 349 g/mol. The lowest BCUT2D eigenvalue weighted by Crippen LogP contribution is -2.46. The number of methoxy groups -OCH3 is 1. The maximum absolute atomic E-state index is 13.0. The van der Waals surface area contributed by atoms with Gasteiger partial charge >= 0.3 is 0 Å². The van der Waals surface area contributed by atoms with Crippen LogP contribution < -0.4 is 0 Å². The number of carbonyl (C=O) groups excluding carboxylic acids is 2. The van der Waals surface area contributed by atoms with Crippen molar-refractivity contribution in [2.45, 2.75) is 6.42 Å². The van der Waals surface area contributed by atoms with Gasteiger partial charge < -0.3 is 14.5 Å². The fourth-order valence-corrected chi connectivity index (χ4v) is 3.86. The first-order valence-corrected chi connectivity index (χ1v) is 9.08. The number of hydrogen-bond acceptors (Lipinski definition) is 6. The summed E-state index contributed by atoms with van der Waals surface area (Å²) in [5.41, 5.74) is 1.14. The number of nitrogens with zero attached hydrogens (tertiary/aromatic N) is 3. The quantitative estimate of drug-likeness (QED) is 0.569. The molecule has 2 aliphatic rings. The molecule has 7 heteroatoms. The van der Waals surface area contributed by atoms with Crippen molar-refractivity contribution in [2.75, 3.05) is 53.5 Å². The third kappa shape index (κ3) is 3.24. The molecule has 3 heterocycles. The van der Waals surface area contributed by atoms with E-state index in [0.717, 1.165) is 31.1 Å². The highest BCUT2D eigenvalue weighted by atomic mass is 32.1. The van der Waals surface area contributed by atoms with Crippen LogP contribution in [0.25, 0.3) is 5.57 Å². The Bertz CT molecular complexity index is 634. The highest BCUT2D eigenvalue weighted by Gasteiger charge is 2.42. The molecule has 0 aromatic carbocycles. The predicted molar refractivity (Wildman–Crippen MR) is 93.5 cm³/mol. The Labute approximate surface area is 146 Å². The van der Waals surface area contributed by atoms with Gasteiger partial charge in [0, 0.05) is 51.3 Å². The van der Waals surface area contributed by atoms with Gasteiger partial charge in [0.25, 0.3) is 11.8 Å². The lowest BCUT2D eigenvalue weighted by atomic mass is 10.1. The average molecular weight is 349 g/mol. The normalized spacial score (nSPS) is 19.8. The van der Waals surface area contributed by atoms with Crippen LogP contribution in [0.3, 0.4) is 0 Å². The third-order valence-electron chi connectivity index (χ3n) is 4.46. The van der Waals surface area contributed by atoms with E-state index < -0.39 is 0 Å². The Morgan fingerprint density at radius 1 is 1.17 bits per heavy atom. The zero-order valence-corrected chi connectivity index (χ0v) is 15.0. The number of likely N-dealkylation sites (N-methyl/N-ethyl adjacent to an activating group) is 1. The molecule has 1 aromatic heterocycles. The smallest absolute Gasteiger partial charge is 0.277 e. The highest BCUT2D eigenvalue weighted by molar-refractivity contribution is 7.11.